The fraction of sp³-hybridized carbons (Fsp3) is 0.724. The van der Waals surface area contributed by atoms with E-state index in [1.165, 1.54) is 39.2 Å². The number of carbonyl (C=O) groups is 2. The molecule has 3 atom stereocenters. The minimum absolute atomic E-state index is 0.0458. The first-order valence-corrected chi connectivity index (χ1v) is 14.4. The molecule has 39 heavy (non-hydrogen) atoms. The summed E-state index contributed by atoms with van der Waals surface area (Å²) in [5, 5.41) is 20.7. The smallest absolute Gasteiger partial charge is 0.406 e. The van der Waals surface area contributed by atoms with Gasteiger partial charge >= 0.3 is 12.1 Å². The van der Waals surface area contributed by atoms with Gasteiger partial charge in [-0.25, -0.2) is 18.4 Å². The molecule has 1 saturated heterocycles. The molecule has 1 aromatic rings. The van der Waals surface area contributed by atoms with Crippen LogP contribution in [0.3, 0.4) is 0 Å². The second-order valence-electron chi connectivity index (χ2n) is 11.3. The lowest BCUT2D eigenvalue weighted by atomic mass is 9.78. The summed E-state index contributed by atoms with van der Waals surface area (Å²) in [5.74, 6) is -0.916. The number of amides is 3. The Kier molecular flexibility index (Phi) is 12.2. The number of ether oxygens (including phenoxy) is 1. The number of hydrogen-bond donors (Lipinski definition) is 4. The van der Waals surface area contributed by atoms with E-state index in [4.69, 9.17) is 0 Å². The minimum Gasteiger partial charge on any atom is -0.453 e. The zero-order chi connectivity index (χ0) is 28.3. The van der Waals surface area contributed by atoms with Gasteiger partial charge in [0, 0.05) is 38.3 Å². The number of aliphatic hydroxyl groups is 1. The quantitative estimate of drug-likeness (QED) is 0.283. The van der Waals surface area contributed by atoms with Crippen molar-refractivity contribution in [3.8, 4) is 0 Å². The van der Waals surface area contributed by atoms with Gasteiger partial charge in [0.1, 0.15) is 11.6 Å². The van der Waals surface area contributed by atoms with Crippen molar-refractivity contribution in [2.24, 2.45) is 11.8 Å². The van der Waals surface area contributed by atoms with E-state index >= 15 is 0 Å². The third-order valence-electron chi connectivity index (χ3n) is 8.18. The Morgan fingerprint density at radius 2 is 1.79 bits per heavy atom. The number of rotatable bonds is 12. The highest BCUT2D eigenvalue weighted by atomic mass is 19.1. The molecule has 0 radical (unpaired) electrons. The van der Waals surface area contributed by atoms with Crippen LogP contribution in [0.2, 0.25) is 0 Å². The summed E-state index contributed by atoms with van der Waals surface area (Å²) in [4.78, 5) is 26.5. The van der Waals surface area contributed by atoms with Gasteiger partial charge < -0.3 is 30.7 Å². The van der Waals surface area contributed by atoms with Crippen LogP contribution in [0.1, 0.15) is 76.2 Å². The Morgan fingerprint density at radius 3 is 2.46 bits per heavy atom. The second kappa shape index (κ2) is 15.4. The Labute approximate surface area is 231 Å². The van der Waals surface area contributed by atoms with Gasteiger partial charge in [0.15, 0.2) is 0 Å². The van der Waals surface area contributed by atoms with E-state index in [0.717, 1.165) is 37.5 Å². The molecule has 8 nitrogen and oxygen atoms in total. The van der Waals surface area contributed by atoms with Gasteiger partial charge in [0.2, 0.25) is 0 Å². The maximum Gasteiger partial charge on any atom is 0.406 e. The number of nitrogens with zero attached hydrogens (tertiary/aromatic N) is 1. The minimum atomic E-state index is -1.51. The summed E-state index contributed by atoms with van der Waals surface area (Å²) < 4.78 is 32.8. The average molecular weight is 553 g/mol. The van der Waals surface area contributed by atoms with Crippen molar-refractivity contribution in [3.63, 3.8) is 0 Å². The molecule has 3 amide bonds. The molecule has 4 N–H and O–H groups in total. The molecule has 2 fully saturated rings. The van der Waals surface area contributed by atoms with Crippen LogP contribution in [0.25, 0.3) is 0 Å². The molecule has 10 heteroatoms. The topological polar surface area (TPSA) is 103 Å². The number of likely N-dealkylation sites (N-methyl/N-ethyl adjacent to an activating group) is 1. The van der Waals surface area contributed by atoms with E-state index in [2.05, 4.69) is 20.7 Å². The van der Waals surface area contributed by atoms with Crippen molar-refractivity contribution in [2.75, 3.05) is 40.3 Å². The van der Waals surface area contributed by atoms with Gasteiger partial charge in [0.05, 0.1) is 12.7 Å². The maximum atomic E-state index is 14.1. The van der Waals surface area contributed by atoms with Gasteiger partial charge in [0.25, 0.3) is 0 Å². The number of carbonyl (C=O) groups excluding carboxylic acids is 2. The average Bonchev–Trinajstić information content (AvgIpc) is 2.91. The van der Waals surface area contributed by atoms with E-state index in [9.17, 15) is 23.5 Å². The highest BCUT2D eigenvalue weighted by Gasteiger charge is 2.36. The van der Waals surface area contributed by atoms with Crippen molar-refractivity contribution in [3.05, 3.63) is 35.4 Å². The van der Waals surface area contributed by atoms with Crippen LogP contribution < -0.4 is 16.0 Å². The molecule has 0 spiro atoms. The number of hydrogen-bond acceptors (Lipinski definition) is 5. The third-order valence-corrected chi connectivity index (χ3v) is 8.18. The molecular formula is C29H46F2N4O4. The van der Waals surface area contributed by atoms with Crippen molar-refractivity contribution in [2.45, 2.75) is 82.3 Å². The van der Waals surface area contributed by atoms with E-state index in [1.807, 2.05) is 11.9 Å². The first-order chi connectivity index (χ1) is 18.7. The van der Waals surface area contributed by atoms with Gasteiger partial charge in [-0.05, 0) is 75.1 Å². The lowest BCUT2D eigenvalue weighted by Gasteiger charge is -2.39. The van der Waals surface area contributed by atoms with Crippen molar-refractivity contribution in [1.82, 2.24) is 20.9 Å². The maximum absolute atomic E-state index is 14.1. The fourth-order valence-electron chi connectivity index (χ4n) is 6.25. The molecule has 0 bridgehead atoms. The third kappa shape index (κ3) is 9.90. The van der Waals surface area contributed by atoms with E-state index < -0.39 is 23.3 Å². The Balaban J connectivity index is 1.64. The predicted octanol–water partition coefficient (Wildman–Crippen LogP) is 4.66. The molecule has 2 unspecified atom stereocenters. The largest absolute Gasteiger partial charge is 0.453 e. The normalized spacial score (nSPS) is 20.6. The molecular weight excluding hydrogens is 506 g/mol. The van der Waals surface area contributed by atoms with Crippen molar-refractivity contribution >= 4 is 12.1 Å². The number of piperidine rings is 1. The highest BCUT2D eigenvalue weighted by molar-refractivity contribution is 5.74. The zero-order valence-corrected chi connectivity index (χ0v) is 23.4. The van der Waals surface area contributed by atoms with Crippen molar-refractivity contribution in [1.29, 1.82) is 0 Å². The van der Waals surface area contributed by atoms with Crippen LogP contribution >= 0.6 is 0 Å². The second-order valence-corrected chi connectivity index (χ2v) is 11.3. The van der Waals surface area contributed by atoms with Crippen LogP contribution in [0.15, 0.2) is 18.2 Å². The zero-order valence-electron chi connectivity index (χ0n) is 23.4. The van der Waals surface area contributed by atoms with Gasteiger partial charge in [-0.15, -0.1) is 0 Å². The lowest BCUT2D eigenvalue weighted by Crippen LogP contribution is -2.51. The van der Waals surface area contributed by atoms with E-state index in [1.54, 1.807) is 0 Å². The monoisotopic (exact) mass is 552 g/mol. The lowest BCUT2D eigenvalue weighted by molar-refractivity contribution is -0.00907. The number of benzene rings is 1. The molecule has 1 saturated carbocycles. The summed E-state index contributed by atoms with van der Waals surface area (Å²) in [5.41, 5.74) is -1.35. The summed E-state index contributed by atoms with van der Waals surface area (Å²) in [7, 11) is 3.16. The van der Waals surface area contributed by atoms with Gasteiger partial charge in [-0.2, -0.15) is 0 Å². The molecule has 2 aliphatic rings. The van der Waals surface area contributed by atoms with Gasteiger partial charge in [-0.3, -0.25) is 0 Å². The van der Waals surface area contributed by atoms with E-state index in [0.29, 0.717) is 32.0 Å². The van der Waals surface area contributed by atoms with Crippen molar-refractivity contribution < 1.29 is 28.2 Å². The van der Waals surface area contributed by atoms with Crippen LogP contribution in [0.4, 0.5) is 18.4 Å². The van der Waals surface area contributed by atoms with Crippen LogP contribution in [-0.4, -0.2) is 68.5 Å². The molecule has 3 rings (SSSR count). The SMILES string of the molecule is CNC[C@H](CC1CCCCC1)NC(=O)N1CCCC(CC(O)(CCCNC(=O)OC)c2cc(F)cc(F)c2)C1. The van der Waals surface area contributed by atoms with E-state index in [-0.39, 0.29) is 42.9 Å². The first kappa shape index (κ1) is 31.1. The first-order valence-electron chi connectivity index (χ1n) is 14.4. The summed E-state index contributed by atoms with van der Waals surface area (Å²) >= 11 is 0. The number of likely N-dealkylation sites (tertiary alicyclic amines) is 1. The molecule has 0 aromatic heterocycles. The Morgan fingerprint density at radius 1 is 1.10 bits per heavy atom. The summed E-state index contributed by atoms with van der Waals surface area (Å²) in [6, 6.07) is 3.07. The Hall–Kier alpha value is -2.46. The molecule has 1 aliphatic heterocycles. The summed E-state index contributed by atoms with van der Waals surface area (Å²) in [6.45, 7) is 2.06. The number of nitrogens with one attached hydrogen (secondary N) is 3. The highest BCUT2D eigenvalue weighted by Crippen LogP contribution is 2.37. The summed E-state index contributed by atoms with van der Waals surface area (Å²) in [6.07, 6.45) is 9.05. The molecule has 1 aliphatic carbocycles. The van der Waals surface area contributed by atoms with Gasteiger partial charge in [-0.1, -0.05) is 32.1 Å². The number of halogens is 2. The molecule has 1 aromatic carbocycles. The molecule has 220 valence electrons. The number of alkyl carbamates (subject to hydrolysis) is 1. The fourth-order valence-corrected chi connectivity index (χ4v) is 6.25. The molecule has 1 heterocycles. The standard InChI is InChI=1S/C29H46F2N4O4/c1-32-19-26(14-21-8-4-3-5-9-21)34-27(36)35-13-6-10-22(20-35)18-29(38,11-7-12-33-28(37)39-2)23-15-24(30)17-25(31)16-23/h15-17,21-22,26,32,38H,3-14,18-20H2,1-2H3,(H,33,37)(H,34,36)/t22?,26-,29?/m0/s1. The predicted molar refractivity (Wildman–Crippen MR) is 146 cm³/mol. The number of methoxy groups -OCH3 is 1. The van der Waals surface area contributed by atoms with Crippen LogP contribution in [-0.2, 0) is 10.3 Å². The van der Waals surface area contributed by atoms with Crippen LogP contribution in [0, 0.1) is 23.5 Å². The number of urea groups is 1. The van der Waals surface area contributed by atoms with Crippen LogP contribution in [0.5, 0.6) is 0 Å². The Bertz CT molecular complexity index is 910.